The maximum atomic E-state index is 13.3. The Morgan fingerprint density at radius 2 is 1.71 bits per heavy atom. The van der Waals surface area contributed by atoms with Crippen LogP contribution in [0.2, 0.25) is 0 Å². The molecule has 0 aliphatic carbocycles. The van der Waals surface area contributed by atoms with Crippen molar-refractivity contribution in [3.05, 3.63) is 95.1 Å². The first-order chi connectivity index (χ1) is 16.5. The molecule has 8 heteroatoms. The van der Waals surface area contributed by atoms with E-state index in [1.54, 1.807) is 54.9 Å². The molecule has 1 atom stereocenters. The van der Waals surface area contributed by atoms with Gasteiger partial charge in [0.1, 0.15) is 28.6 Å². The molecule has 0 spiro atoms. The number of methoxy groups -OCH3 is 2. The van der Waals surface area contributed by atoms with Crippen LogP contribution in [-0.4, -0.2) is 47.4 Å². The van der Waals surface area contributed by atoms with Gasteiger partial charge in [-0.3, -0.25) is 14.6 Å². The zero-order valence-electron chi connectivity index (χ0n) is 18.7. The molecule has 174 valence electrons. The second-order valence-electron chi connectivity index (χ2n) is 7.69. The first-order valence-corrected chi connectivity index (χ1v) is 10.6. The zero-order valence-corrected chi connectivity index (χ0v) is 18.7. The molecule has 1 aromatic heterocycles. The fraction of sp³-hybridized carbons (Fsp3) is 0.192. The summed E-state index contributed by atoms with van der Waals surface area (Å²) in [7, 11) is 2.87. The monoisotopic (exact) mass is 462 g/mol. The number of benzene rings is 2. The van der Waals surface area contributed by atoms with E-state index in [0.29, 0.717) is 23.5 Å². The van der Waals surface area contributed by atoms with E-state index in [9.17, 15) is 19.1 Å². The zero-order chi connectivity index (χ0) is 24.2. The van der Waals surface area contributed by atoms with E-state index in [4.69, 9.17) is 9.47 Å². The van der Waals surface area contributed by atoms with Crippen LogP contribution < -0.4 is 9.47 Å². The maximum absolute atomic E-state index is 13.3. The van der Waals surface area contributed by atoms with Crippen LogP contribution in [0.15, 0.2) is 72.6 Å². The van der Waals surface area contributed by atoms with Crippen molar-refractivity contribution in [3.8, 4) is 11.5 Å². The number of hydrogen-bond acceptors (Lipinski definition) is 6. The summed E-state index contributed by atoms with van der Waals surface area (Å²) in [6, 6.07) is 13.4. The fourth-order valence-corrected chi connectivity index (χ4v) is 4.11. The Balaban J connectivity index is 1.83. The number of Topliss-reactive ketones (excluding diaryl/α,β-unsaturated/α-hetero) is 1. The van der Waals surface area contributed by atoms with Crippen molar-refractivity contribution in [3.63, 3.8) is 0 Å². The van der Waals surface area contributed by atoms with Crippen molar-refractivity contribution in [2.75, 3.05) is 20.8 Å². The third-order valence-corrected chi connectivity index (χ3v) is 5.76. The van der Waals surface area contributed by atoms with Gasteiger partial charge in [-0.1, -0.05) is 24.3 Å². The van der Waals surface area contributed by atoms with Crippen LogP contribution in [0.5, 0.6) is 11.5 Å². The molecule has 34 heavy (non-hydrogen) atoms. The van der Waals surface area contributed by atoms with Gasteiger partial charge >= 0.3 is 0 Å². The van der Waals surface area contributed by atoms with Gasteiger partial charge in [-0.15, -0.1) is 0 Å². The highest BCUT2D eigenvalue weighted by atomic mass is 19.1. The summed E-state index contributed by atoms with van der Waals surface area (Å²) < 4.78 is 24.1. The number of aliphatic hydroxyl groups excluding tert-OH is 1. The molecule has 1 saturated heterocycles. The van der Waals surface area contributed by atoms with Gasteiger partial charge in [-0.2, -0.15) is 0 Å². The van der Waals surface area contributed by atoms with Crippen molar-refractivity contribution in [2.24, 2.45) is 0 Å². The number of ether oxygens (including phenoxy) is 2. The molecule has 0 radical (unpaired) electrons. The predicted octanol–water partition coefficient (Wildman–Crippen LogP) is 3.90. The molecule has 1 unspecified atom stereocenters. The van der Waals surface area contributed by atoms with Crippen LogP contribution in [0.4, 0.5) is 4.39 Å². The van der Waals surface area contributed by atoms with Crippen molar-refractivity contribution >= 4 is 17.4 Å². The molecule has 2 heterocycles. The summed E-state index contributed by atoms with van der Waals surface area (Å²) in [5.41, 5.74) is 1.47. The Kier molecular flexibility index (Phi) is 6.58. The first kappa shape index (κ1) is 23.0. The first-order valence-electron chi connectivity index (χ1n) is 10.6. The third-order valence-electron chi connectivity index (χ3n) is 5.76. The number of aliphatic hydroxyl groups is 1. The lowest BCUT2D eigenvalue weighted by Gasteiger charge is -2.25. The Bertz CT molecular complexity index is 1220. The van der Waals surface area contributed by atoms with E-state index in [1.165, 1.54) is 31.3 Å². The molecule has 0 bridgehead atoms. The van der Waals surface area contributed by atoms with Crippen LogP contribution in [0.3, 0.4) is 0 Å². The van der Waals surface area contributed by atoms with Crippen molar-refractivity contribution in [2.45, 2.75) is 12.5 Å². The van der Waals surface area contributed by atoms with E-state index in [1.807, 2.05) is 0 Å². The molecule has 1 fully saturated rings. The SMILES string of the molecule is COc1cccc(OC)c1/C(O)=C1\C(=O)C(=O)N(CCc2ccc(F)cc2)C1c1cccnc1. The molecule has 2 aromatic carbocycles. The average Bonchev–Trinajstić information content (AvgIpc) is 3.12. The number of halogens is 1. The summed E-state index contributed by atoms with van der Waals surface area (Å²) in [4.78, 5) is 31.8. The van der Waals surface area contributed by atoms with Gasteiger partial charge in [0.25, 0.3) is 11.7 Å². The highest BCUT2D eigenvalue weighted by Gasteiger charge is 2.46. The number of hydrogen-bond donors (Lipinski definition) is 1. The van der Waals surface area contributed by atoms with Crippen molar-refractivity contribution in [1.29, 1.82) is 0 Å². The topological polar surface area (TPSA) is 89.0 Å². The van der Waals surface area contributed by atoms with Gasteiger partial charge in [0, 0.05) is 18.9 Å². The number of pyridine rings is 1. The quantitative estimate of drug-likeness (QED) is 0.326. The minimum Gasteiger partial charge on any atom is -0.506 e. The molecular weight excluding hydrogens is 439 g/mol. The fourth-order valence-electron chi connectivity index (χ4n) is 4.11. The van der Waals surface area contributed by atoms with E-state index < -0.39 is 23.5 Å². The molecule has 1 amide bonds. The number of likely N-dealkylation sites (tertiary alicyclic amines) is 1. The molecule has 7 nitrogen and oxygen atoms in total. The minimum absolute atomic E-state index is 0.0834. The Morgan fingerprint density at radius 3 is 2.29 bits per heavy atom. The molecule has 0 saturated carbocycles. The summed E-state index contributed by atoms with van der Waals surface area (Å²) in [5.74, 6) is -1.74. The van der Waals surface area contributed by atoms with Crippen LogP contribution in [-0.2, 0) is 16.0 Å². The third kappa shape index (κ3) is 4.22. The van der Waals surface area contributed by atoms with E-state index >= 15 is 0 Å². The van der Waals surface area contributed by atoms with E-state index in [-0.39, 0.29) is 23.5 Å². The lowest BCUT2D eigenvalue weighted by atomic mass is 9.95. The maximum Gasteiger partial charge on any atom is 0.295 e. The van der Waals surface area contributed by atoms with Crippen LogP contribution in [0, 0.1) is 5.82 Å². The second-order valence-corrected chi connectivity index (χ2v) is 7.69. The second kappa shape index (κ2) is 9.74. The number of aromatic nitrogens is 1. The molecule has 1 aliphatic heterocycles. The lowest BCUT2D eigenvalue weighted by Crippen LogP contribution is -2.31. The molecule has 4 rings (SSSR count). The van der Waals surface area contributed by atoms with Crippen molar-refractivity contribution in [1.82, 2.24) is 9.88 Å². The Morgan fingerprint density at radius 1 is 1.03 bits per heavy atom. The Hall–Kier alpha value is -4.20. The van der Waals surface area contributed by atoms with Crippen LogP contribution in [0.1, 0.15) is 22.7 Å². The number of ketones is 1. The molecule has 3 aromatic rings. The van der Waals surface area contributed by atoms with Gasteiger partial charge in [-0.05, 0) is 47.9 Å². The van der Waals surface area contributed by atoms with Crippen LogP contribution in [0.25, 0.3) is 5.76 Å². The molecule has 1 aliphatic rings. The highest BCUT2D eigenvalue weighted by molar-refractivity contribution is 6.46. The summed E-state index contributed by atoms with van der Waals surface area (Å²) in [6.45, 7) is 0.176. The Labute approximate surface area is 196 Å². The van der Waals surface area contributed by atoms with Crippen molar-refractivity contribution < 1.29 is 28.6 Å². The lowest BCUT2D eigenvalue weighted by molar-refractivity contribution is -0.139. The number of nitrogens with zero attached hydrogens (tertiary/aromatic N) is 2. The van der Waals surface area contributed by atoms with Gasteiger partial charge in [-0.25, -0.2) is 4.39 Å². The normalized spacial score (nSPS) is 17.1. The summed E-state index contributed by atoms with van der Waals surface area (Å²) >= 11 is 0. The number of carbonyl (C=O) groups is 2. The van der Waals surface area contributed by atoms with Gasteiger partial charge in [0.05, 0.1) is 25.8 Å². The summed E-state index contributed by atoms with van der Waals surface area (Å²) in [6.07, 6.45) is 3.52. The van der Waals surface area contributed by atoms with E-state index in [0.717, 1.165) is 5.56 Å². The van der Waals surface area contributed by atoms with Gasteiger partial charge < -0.3 is 19.5 Å². The number of rotatable bonds is 7. The van der Waals surface area contributed by atoms with E-state index in [2.05, 4.69) is 4.98 Å². The number of amides is 1. The largest absolute Gasteiger partial charge is 0.506 e. The molecule has 1 N–H and O–H groups in total. The smallest absolute Gasteiger partial charge is 0.295 e. The highest BCUT2D eigenvalue weighted by Crippen LogP contribution is 2.43. The van der Waals surface area contributed by atoms with Crippen LogP contribution >= 0.6 is 0 Å². The van der Waals surface area contributed by atoms with Gasteiger partial charge in [0.15, 0.2) is 0 Å². The predicted molar refractivity (Wildman–Crippen MR) is 123 cm³/mol. The molecular formula is C26H23FN2O5. The number of carbonyl (C=O) groups excluding carboxylic acids is 2. The minimum atomic E-state index is -0.872. The summed E-state index contributed by atoms with van der Waals surface area (Å²) in [5, 5.41) is 11.4. The standard InChI is InChI=1S/C26H23FN2O5/c1-33-19-6-3-7-20(34-2)21(19)24(30)22-23(17-5-4-13-28-15-17)29(26(32)25(22)31)14-12-16-8-10-18(27)11-9-16/h3-11,13,15,23,30H,12,14H2,1-2H3/b24-22+. The van der Waals surface area contributed by atoms with Gasteiger partial charge in [0.2, 0.25) is 0 Å². The average molecular weight is 462 g/mol.